The molecule has 0 saturated heterocycles. The number of alkyl halides is 1. The highest BCUT2D eigenvalue weighted by Gasteiger charge is 2.26. The second-order valence-electron chi connectivity index (χ2n) is 4.03. The van der Waals surface area contributed by atoms with Gasteiger partial charge in [0.1, 0.15) is 12.4 Å². The lowest BCUT2D eigenvalue weighted by Crippen LogP contribution is -2.43. The summed E-state index contributed by atoms with van der Waals surface area (Å²) in [6.45, 7) is 1.57. The van der Waals surface area contributed by atoms with E-state index in [-0.39, 0.29) is 0 Å². The number of hydrogen-bond acceptors (Lipinski definition) is 2. The fourth-order valence-electron chi connectivity index (χ4n) is 1.70. The Hall–Kier alpha value is -0.250. The van der Waals surface area contributed by atoms with Gasteiger partial charge in [-0.05, 0) is 31.0 Å². The van der Waals surface area contributed by atoms with Crippen LogP contribution in [0.5, 0.6) is 5.75 Å². The zero-order valence-corrected chi connectivity index (χ0v) is 11.3. The highest BCUT2D eigenvalue weighted by atomic mass is 79.9. The summed E-state index contributed by atoms with van der Waals surface area (Å²) in [5, 5.41) is 3.79. The highest BCUT2D eigenvalue weighted by Crippen LogP contribution is 2.25. The van der Waals surface area contributed by atoms with E-state index in [2.05, 4.69) is 21.2 Å². The van der Waals surface area contributed by atoms with Crippen LogP contribution in [0.3, 0.4) is 0 Å². The highest BCUT2D eigenvalue weighted by molar-refractivity contribution is 9.10. The smallest absolute Gasteiger partial charge is 0.120 e. The van der Waals surface area contributed by atoms with Crippen LogP contribution in [0.25, 0.3) is 0 Å². The van der Waals surface area contributed by atoms with Crippen LogP contribution in [-0.4, -0.2) is 24.6 Å². The molecule has 0 unspecified atom stereocenters. The molecule has 0 spiro atoms. The third kappa shape index (κ3) is 3.65. The minimum atomic E-state index is 0.378. The maximum absolute atomic E-state index is 5.89. The van der Waals surface area contributed by atoms with E-state index in [9.17, 15) is 0 Å². The lowest BCUT2D eigenvalue weighted by Gasteiger charge is -2.31. The Labute approximate surface area is 109 Å². The minimum Gasteiger partial charge on any atom is -0.492 e. The molecule has 0 amide bonds. The lowest BCUT2D eigenvalue weighted by atomic mass is 9.92. The van der Waals surface area contributed by atoms with Crippen LogP contribution in [-0.2, 0) is 0 Å². The molecule has 1 aliphatic rings. The third-order valence-corrected chi connectivity index (χ3v) is 3.53. The van der Waals surface area contributed by atoms with Gasteiger partial charge >= 0.3 is 0 Å². The zero-order chi connectivity index (χ0) is 11.4. The monoisotopic (exact) mass is 303 g/mol. The van der Waals surface area contributed by atoms with Crippen LogP contribution in [0.2, 0.25) is 0 Å². The lowest BCUT2D eigenvalue weighted by molar-refractivity contribution is 0.278. The Bertz CT molecular complexity index is 342. The van der Waals surface area contributed by atoms with E-state index in [1.807, 2.05) is 24.3 Å². The molecule has 0 atom stereocenters. The van der Waals surface area contributed by atoms with Crippen LogP contribution in [0.15, 0.2) is 28.7 Å². The van der Waals surface area contributed by atoms with E-state index < -0.39 is 0 Å². The van der Waals surface area contributed by atoms with Crippen molar-refractivity contribution in [3.05, 3.63) is 28.7 Å². The predicted molar refractivity (Wildman–Crippen MR) is 70.3 cm³/mol. The van der Waals surface area contributed by atoms with E-state index in [4.69, 9.17) is 16.3 Å². The molecule has 1 N–H and O–H groups in total. The predicted octanol–water partition coefficient (Wildman–Crippen LogP) is 3.19. The second-order valence-corrected chi connectivity index (χ2v) is 5.56. The first-order chi connectivity index (χ1) is 7.74. The number of rotatable bonds is 5. The SMILES string of the molecule is ClC1CC(NCCOc2cccc(Br)c2)C1. The summed E-state index contributed by atoms with van der Waals surface area (Å²) < 4.78 is 6.65. The normalized spacial score (nSPS) is 23.9. The van der Waals surface area contributed by atoms with Crippen molar-refractivity contribution in [3.63, 3.8) is 0 Å². The Morgan fingerprint density at radius 1 is 1.44 bits per heavy atom. The fourth-order valence-corrected chi connectivity index (χ4v) is 2.51. The van der Waals surface area contributed by atoms with Gasteiger partial charge in [-0.15, -0.1) is 11.6 Å². The minimum absolute atomic E-state index is 0.378. The van der Waals surface area contributed by atoms with Crippen molar-refractivity contribution in [2.24, 2.45) is 0 Å². The van der Waals surface area contributed by atoms with E-state index in [0.717, 1.165) is 29.6 Å². The van der Waals surface area contributed by atoms with E-state index in [1.165, 1.54) is 0 Å². The Balaban J connectivity index is 1.61. The largest absolute Gasteiger partial charge is 0.492 e. The summed E-state index contributed by atoms with van der Waals surface area (Å²) in [6.07, 6.45) is 2.16. The van der Waals surface area contributed by atoms with Gasteiger partial charge in [-0.2, -0.15) is 0 Å². The third-order valence-electron chi connectivity index (χ3n) is 2.68. The number of halogens is 2. The first kappa shape index (κ1) is 12.2. The van der Waals surface area contributed by atoms with Crippen molar-refractivity contribution in [3.8, 4) is 5.75 Å². The van der Waals surface area contributed by atoms with E-state index in [0.29, 0.717) is 18.0 Å². The molecule has 1 saturated carbocycles. The van der Waals surface area contributed by atoms with Crippen molar-refractivity contribution in [2.45, 2.75) is 24.3 Å². The van der Waals surface area contributed by atoms with Crippen LogP contribution in [0.4, 0.5) is 0 Å². The molecule has 0 radical (unpaired) electrons. The Morgan fingerprint density at radius 2 is 2.25 bits per heavy atom. The van der Waals surface area contributed by atoms with Crippen LogP contribution in [0.1, 0.15) is 12.8 Å². The fraction of sp³-hybridized carbons (Fsp3) is 0.500. The van der Waals surface area contributed by atoms with Crippen LogP contribution in [0, 0.1) is 0 Å². The molecule has 2 rings (SSSR count). The van der Waals surface area contributed by atoms with Crippen molar-refractivity contribution in [1.82, 2.24) is 5.32 Å². The zero-order valence-electron chi connectivity index (χ0n) is 8.96. The van der Waals surface area contributed by atoms with Gasteiger partial charge < -0.3 is 10.1 Å². The summed E-state index contributed by atoms with van der Waals surface area (Å²) in [5.74, 6) is 0.903. The Kier molecular flexibility index (Phi) is 4.50. The van der Waals surface area contributed by atoms with E-state index >= 15 is 0 Å². The van der Waals surface area contributed by atoms with Gasteiger partial charge in [-0.3, -0.25) is 0 Å². The number of hydrogen-bond donors (Lipinski definition) is 1. The number of benzene rings is 1. The molecule has 1 aliphatic carbocycles. The molecule has 2 nitrogen and oxygen atoms in total. The van der Waals surface area contributed by atoms with Crippen molar-refractivity contribution < 1.29 is 4.74 Å². The van der Waals surface area contributed by atoms with Gasteiger partial charge in [0.25, 0.3) is 0 Å². The molecule has 1 aromatic carbocycles. The molecule has 4 heteroatoms. The molecule has 16 heavy (non-hydrogen) atoms. The van der Waals surface area contributed by atoms with Gasteiger partial charge in [-0.25, -0.2) is 0 Å². The summed E-state index contributed by atoms with van der Waals surface area (Å²) in [6, 6.07) is 8.48. The molecule has 1 fully saturated rings. The van der Waals surface area contributed by atoms with Crippen molar-refractivity contribution in [2.75, 3.05) is 13.2 Å². The van der Waals surface area contributed by atoms with Gasteiger partial charge in [-0.1, -0.05) is 22.0 Å². The summed E-state index contributed by atoms with van der Waals surface area (Å²) in [4.78, 5) is 0. The maximum atomic E-state index is 5.89. The standard InChI is InChI=1S/C12H15BrClNO/c13-9-2-1-3-12(6-9)16-5-4-15-11-7-10(14)8-11/h1-3,6,10-11,15H,4-5,7-8H2. The van der Waals surface area contributed by atoms with E-state index in [1.54, 1.807) is 0 Å². The van der Waals surface area contributed by atoms with Gasteiger partial charge in [0.2, 0.25) is 0 Å². The van der Waals surface area contributed by atoms with Crippen LogP contribution < -0.4 is 10.1 Å². The molecule has 0 aromatic heterocycles. The average molecular weight is 305 g/mol. The molecule has 0 bridgehead atoms. The van der Waals surface area contributed by atoms with Gasteiger partial charge in [0, 0.05) is 22.4 Å². The van der Waals surface area contributed by atoms with Gasteiger partial charge in [0.15, 0.2) is 0 Å². The van der Waals surface area contributed by atoms with Crippen molar-refractivity contribution in [1.29, 1.82) is 0 Å². The second kappa shape index (κ2) is 5.89. The van der Waals surface area contributed by atoms with Gasteiger partial charge in [0.05, 0.1) is 0 Å². The first-order valence-electron chi connectivity index (χ1n) is 5.50. The Morgan fingerprint density at radius 3 is 2.94 bits per heavy atom. The quantitative estimate of drug-likeness (QED) is 0.666. The maximum Gasteiger partial charge on any atom is 0.120 e. The molecule has 1 aromatic rings. The number of ether oxygens (including phenoxy) is 1. The summed E-state index contributed by atoms with van der Waals surface area (Å²) in [5.41, 5.74) is 0. The molecular weight excluding hydrogens is 289 g/mol. The summed E-state index contributed by atoms with van der Waals surface area (Å²) in [7, 11) is 0. The van der Waals surface area contributed by atoms with Crippen LogP contribution >= 0.6 is 27.5 Å². The molecule has 88 valence electrons. The van der Waals surface area contributed by atoms with Crippen molar-refractivity contribution >= 4 is 27.5 Å². The molecule has 0 aliphatic heterocycles. The topological polar surface area (TPSA) is 21.3 Å². The first-order valence-corrected chi connectivity index (χ1v) is 6.73. The molecule has 0 heterocycles. The summed E-state index contributed by atoms with van der Waals surface area (Å²) >= 11 is 9.30. The average Bonchev–Trinajstić information content (AvgIpc) is 2.21. The number of nitrogens with one attached hydrogen (secondary N) is 1. The molecular formula is C12H15BrClNO.